The largest absolute Gasteiger partial charge is 0.508 e. The van der Waals surface area contributed by atoms with Gasteiger partial charge >= 0.3 is 5.97 Å². The first-order valence-electron chi connectivity index (χ1n) is 6.94. The molecule has 120 valence electrons. The fourth-order valence-electron chi connectivity index (χ4n) is 2.20. The smallest absolute Gasteiger partial charge is 0.321 e. The van der Waals surface area contributed by atoms with E-state index in [0.717, 1.165) is 11.6 Å². The lowest BCUT2D eigenvalue weighted by Crippen LogP contribution is -2.38. The van der Waals surface area contributed by atoms with E-state index >= 15 is 0 Å². The van der Waals surface area contributed by atoms with Gasteiger partial charge in [0, 0.05) is 18.5 Å². The first-order valence-corrected chi connectivity index (χ1v) is 6.94. The van der Waals surface area contributed by atoms with Crippen molar-refractivity contribution in [3.8, 4) is 5.75 Å². The third-order valence-electron chi connectivity index (χ3n) is 3.38. The molecule has 7 heteroatoms. The van der Waals surface area contributed by atoms with Crippen LogP contribution in [0.15, 0.2) is 48.5 Å². The Morgan fingerprint density at radius 2 is 1.91 bits per heavy atom. The number of phenols is 1. The van der Waals surface area contributed by atoms with Crippen LogP contribution in [-0.4, -0.2) is 27.1 Å². The van der Waals surface area contributed by atoms with Crippen LogP contribution in [-0.2, 0) is 17.8 Å². The number of hydrogen-bond donors (Lipinski definition) is 3. The van der Waals surface area contributed by atoms with Gasteiger partial charge in [0.05, 0.1) is 11.0 Å². The van der Waals surface area contributed by atoms with Crippen molar-refractivity contribution in [1.29, 1.82) is 0 Å². The Balaban J connectivity index is 2.14. The van der Waals surface area contributed by atoms with Gasteiger partial charge in [-0.1, -0.05) is 30.3 Å². The second-order valence-electron chi connectivity index (χ2n) is 5.03. The highest BCUT2D eigenvalue weighted by Crippen LogP contribution is 2.25. The Morgan fingerprint density at radius 1 is 1.22 bits per heavy atom. The van der Waals surface area contributed by atoms with E-state index in [1.807, 2.05) is 30.3 Å². The molecular formula is C16H16N2O5. The predicted molar refractivity (Wildman–Crippen MR) is 83.2 cm³/mol. The summed E-state index contributed by atoms with van der Waals surface area (Å²) in [5.74, 6) is -1.33. The van der Waals surface area contributed by atoms with Gasteiger partial charge in [-0.15, -0.1) is 0 Å². The van der Waals surface area contributed by atoms with Gasteiger partial charge in [0.1, 0.15) is 11.8 Å². The normalized spacial score (nSPS) is 11.8. The molecule has 1 atom stereocenters. The SMILES string of the molecule is O=C(O)[C@H](Cc1ccc(O)cc1[N+](=O)[O-])NCc1ccccc1. The Labute approximate surface area is 132 Å². The van der Waals surface area contributed by atoms with Gasteiger partial charge in [0.15, 0.2) is 0 Å². The number of phenolic OH excluding ortho intramolecular Hbond substituents is 1. The van der Waals surface area contributed by atoms with Crippen LogP contribution in [0.1, 0.15) is 11.1 Å². The Morgan fingerprint density at radius 3 is 2.52 bits per heavy atom. The zero-order chi connectivity index (χ0) is 16.8. The Kier molecular flexibility index (Phi) is 5.27. The number of rotatable bonds is 7. The van der Waals surface area contributed by atoms with Gasteiger partial charge in [0.2, 0.25) is 0 Å². The summed E-state index contributed by atoms with van der Waals surface area (Å²) in [5, 5.41) is 32.6. The molecule has 2 aromatic carbocycles. The molecule has 0 bridgehead atoms. The molecule has 0 aromatic heterocycles. The molecule has 0 fully saturated rings. The molecule has 0 aliphatic heterocycles. The second-order valence-corrected chi connectivity index (χ2v) is 5.03. The third-order valence-corrected chi connectivity index (χ3v) is 3.38. The van der Waals surface area contributed by atoms with Crippen LogP contribution in [0.2, 0.25) is 0 Å². The van der Waals surface area contributed by atoms with Crippen molar-refractivity contribution in [1.82, 2.24) is 5.32 Å². The van der Waals surface area contributed by atoms with Gasteiger partial charge < -0.3 is 15.5 Å². The van der Waals surface area contributed by atoms with E-state index < -0.39 is 16.9 Å². The van der Waals surface area contributed by atoms with Crippen LogP contribution >= 0.6 is 0 Å². The minimum atomic E-state index is -1.09. The maximum absolute atomic E-state index is 11.4. The average molecular weight is 316 g/mol. The Bertz CT molecular complexity index is 703. The van der Waals surface area contributed by atoms with Gasteiger partial charge in [-0.3, -0.25) is 14.9 Å². The van der Waals surface area contributed by atoms with E-state index in [4.69, 9.17) is 0 Å². The highest BCUT2D eigenvalue weighted by molar-refractivity contribution is 5.74. The van der Waals surface area contributed by atoms with Crippen LogP contribution in [0, 0.1) is 10.1 Å². The van der Waals surface area contributed by atoms with E-state index in [9.17, 15) is 25.1 Å². The lowest BCUT2D eigenvalue weighted by atomic mass is 10.0. The minimum Gasteiger partial charge on any atom is -0.508 e. The summed E-state index contributed by atoms with van der Waals surface area (Å²) < 4.78 is 0. The van der Waals surface area contributed by atoms with E-state index in [2.05, 4.69) is 5.32 Å². The maximum Gasteiger partial charge on any atom is 0.321 e. The van der Waals surface area contributed by atoms with E-state index in [-0.39, 0.29) is 23.4 Å². The molecule has 0 heterocycles. The second kappa shape index (κ2) is 7.37. The predicted octanol–water partition coefficient (Wildman–Crippen LogP) is 2.09. The van der Waals surface area contributed by atoms with Crippen LogP contribution < -0.4 is 5.32 Å². The van der Waals surface area contributed by atoms with Crippen molar-refractivity contribution in [3.63, 3.8) is 0 Å². The molecule has 0 aliphatic carbocycles. The van der Waals surface area contributed by atoms with E-state index in [1.54, 1.807) is 0 Å². The minimum absolute atomic E-state index is 0.0568. The molecular weight excluding hydrogens is 300 g/mol. The number of carboxylic acids is 1. The number of aliphatic carboxylic acids is 1. The summed E-state index contributed by atoms with van der Waals surface area (Å²) in [5.41, 5.74) is 0.873. The average Bonchev–Trinajstić information content (AvgIpc) is 2.53. The molecule has 2 aromatic rings. The molecule has 7 nitrogen and oxygen atoms in total. The molecule has 0 amide bonds. The van der Waals surface area contributed by atoms with Crippen molar-refractivity contribution >= 4 is 11.7 Å². The van der Waals surface area contributed by atoms with Crippen molar-refractivity contribution in [2.24, 2.45) is 0 Å². The standard InChI is InChI=1S/C16H16N2O5/c19-13-7-6-12(15(9-13)18(22)23)8-14(16(20)21)17-10-11-4-2-1-3-5-11/h1-7,9,14,17,19H,8,10H2,(H,20,21)/t14-/m0/s1. The fraction of sp³-hybridized carbons (Fsp3) is 0.188. The number of nitro benzene ring substituents is 1. The first-order chi connectivity index (χ1) is 11.0. The van der Waals surface area contributed by atoms with Crippen molar-refractivity contribution in [2.45, 2.75) is 19.0 Å². The van der Waals surface area contributed by atoms with Crippen LogP contribution in [0.4, 0.5) is 5.69 Å². The summed E-state index contributed by atoms with van der Waals surface area (Å²) >= 11 is 0. The highest BCUT2D eigenvalue weighted by atomic mass is 16.6. The van der Waals surface area contributed by atoms with Crippen LogP contribution in [0.5, 0.6) is 5.75 Å². The quantitative estimate of drug-likeness (QED) is 0.532. The van der Waals surface area contributed by atoms with Crippen LogP contribution in [0.25, 0.3) is 0 Å². The monoisotopic (exact) mass is 316 g/mol. The fourth-order valence-corrected chi connectivity index (χ4v) is 2.20. The number of aromatic hydroxyl groups is 1. The number of carbonyl (C=O) groups is 1. The Hall–Kier alpha value is -2.93. The summed E-state index contributed by atoms with van der Waals surface area (Å²) in [6.45, 7) is 0.337. The molecule has 3 N–H and O–H groups in total. The zero-order valence-corrected chi connectivity index (χ0v) is 12.2. The molecule has 0 saturated carbocycles. The number of nitrogens with zero attached hydrogens (tertiary/aromatic N) is 1. The summed E-state index contributed by atoms with van der Waals surface area (Å²) in [6.07, 6.45) is -0.0568. The molecule has 0 unspecified atom stereocenters. The highest BCUT2D eigenvalue weighted by Gasteiger charge is 2.23. The number of benzene rings is 2. The molecule has 2 rings (SSSR count). The summed E-state index contributed by atoms with van der Waals surface area (Å²) in [7, 11) is 0. The molecule has 0 spiro atoms. The van der Waals surface area contributed by atoms with E-state index in [0.29, 0.717) is 6.54 Å². The zero-order valence-electron chi connectivity index (χ0n) is 12.2. The lowest BCUT2D eigenvalue weighted by molar-refractivity contribution is -0.385. The molecule has 0 saturated heterocycles. The van der Waals surface area contributed by atoms with E-state index in [1.165, 1.54) is 12.1 Å². The third kappa shape index (κ3) is 4.52. The molecule has 23 heavy (non-hydrogen) atoms. The number of carboxylic acid groups (broad SMARTS) is 1. The number of hydrogen-bond acceptors (Lipinski definition) is 5. The van der Waals surface area contributed by atoms with Gasteiger partial charge in [-0.25, -0.2) is 0 Å². The van der Waals surface area contributed by atoms with Gasteiger partial charge in [0.25, 0.3) is 5.69 Å². The summed E-state index contributed by atoms with van der Waals surface area (Å²) in [6, 6.07) is 12.0. The first kappa shape index (κ1) is 16.4. The van der Waals surface area contributed by atoms with Gasteiger partial charge in [-0.2, -0.15) is 0 Å². The molecule has 0 aliphatic rings. The van der Waals surface area contributed by atoms with Crippen molar-refractivity contribution in [3.05, 3.63) is 69.8 Å². The summed E-state index contributed by atoms with van der Waals surface area (Å²) in [4.78, 5) is 21.8. The number of nitrogens with one attached hydrogen (secondary N) is 1. The van der Waals surface area contributed by atoms with Crippen LogP contribution in [0.3, 0.4) is 0 Å². The maximum atomic E-state index is 11.4. The van der Waals surface area contributed by atoms with Gasteiger partial charge in [-0.05, 0) is 17.7 Å². The molecule has 0 radical (unpaired) electrons. The van der Waals surface area contributed by atoms with Crippen molar-refractivity contribution < 1.29 is 19.9 Å². The lowest BCUT2D eigenvalue weighted by Gasteiger charge is -2.15. The topological polar surface area (TPSA) is 113 Å². The number of nitro groups is 1. The van der Waals surface area contributed by atoms with Crippen molar-refractivity contribution in [2.75, 3.05) is 0 Å².